The average Bonchev–Trinajstić information content (AvgIpc) is 3.03. The summed E-state index contributed by atoms with van der Waals surface area (Å²) in [5.41, 5.74) is 0.257. The summed E-state index contributed by atoms with van der Waals surface area (Å²) in [6, 6.07) is 6.84. The van der Waals surface area contributed by atoms with Crippen LogP contribution in [0.4, 0.5) is 0 Å². The number of aliphatic hydroxyl groups is 1. The van der Waals surface area contributed by atoms with E-state index in [4.69, 9.17) is 27.7 Å². The molecule has 1 aromatic carbocycles. The molecule has 0 fully saturated rings. The van der Waals surface area contributed by atoms with Gasteiger partial charge in [0.05, 0.1) is 15.9 Å². The van der Waals surface area contributed by atoms with Gasteiger partial charge in [0, 0.05) is 11.4 Å². The van der Waals surface area contributed by atoms with Gasteiger partial charge in [0.2, 0.25) is 5.89 Å². The van der Waals surface area contributed by atoms with Crippen molar-refractivity contribution in [1.82, 2.24) is 19.9 Å². The predicted octanol–water partition coefficient (Wildman–Crippen LogP) is 2.86. The largest absolute Gasteiger partial charge is 0.388 e. The lowest BCUT2D eigenvalue weighted by Crippen LogP contribution is -2.24. The Hall–Kier alpha value is -1.49. The Balaban J connectivity index is 1.71. The van der Waals surface area contributed by atoms with Gasteiger partial charge >= 0.3 is 0 Å². The molecule has 0 aliphatic rings. The molecule has 1 atom stereocenters. The van der Waals surface area contributed by atoms with Crippen LogP contribution in [-0.4, -0.2) is 25.0 Å². The minimum absolute atomic E-state index is 0.000483. The number of aliphatic hydroxyl groups excluding tert-OH is 1. The minimum Gasteiger partial charge on any atom is -0.388 e. The van der Waals surface area contributed by atoms with Crippen molar-refractivity contribution in [2.45, 2.75) is 19.1 Å². The van der Waals surface area contributed by atoms with Crippen molar-refractivity contribution >= 4 is 45.8 Å². The van der Waals surface area contributed by atoms with Gasteiger partial charge in [-0.05, 0) is 40.3 Å². The van der Waals surface area contributed by atoms with Gasteiger partial charge in [0.25, 0.3) is 5.56 Å². The summed E-state index contributed by atoms with van der Waals surface area (Å²) in [5.74, 6) is 0.521. The maximum absolute atomic E-state index is 12.0. The Bertz CT molecular complexity index is 943. The predicted molar refractivity (Wildman–Crippen MR) is 99.7 cm³/mol. The summed E-state index contributed by atoms with van der Waals surface area (Å²) in [4.78, 5) is 16.2. The van der Waals surface area contributed by atoms with Crippen molar-refractivity contribution < 1.29 is 9.63 Å². The number of nitrogens with zero attached hydrogens (tertiary/aromatic N) is 4. The van der Waals surface area contributed by atoms with Gasteiger partial charge in [-0.1, -0.05) is 40.5 Å². The molecule has 25 heavy (non-hydrogen) atoms. The number of hydrogen-bond donors (Lipinski definition) is 1. The molecule has 2 aromatic heterocycles. The van der Waals surface area contributed by atoms with Crippen LogP contribution >= 0.6 is 45.8 Å². The first-order chi connectivity index (χ1) is 11.9. The Kier molecular flexibility index (Phi) is 5.72. The molecule has 0 spiro atoms. The van der Waals surface area contributed by atoms with Crippen molar-refractivity contribution in [1.29, 1.82) is 0 Å². The second-order valence-corrected chi connectivity index (χ2v) is 7.12. The highest BCUT2D eigenvalue weighted by Crippen LogP contribution is 2.19. The van der Waals surface area contributed by atoms with Gasteiger partial charge in [-0.3, -0.25) is 4.79 Å². The third-order valence-electron chi connectivity index (χ3n) is 3.37. The maximum atomic E-state index is 12.0. The number of rotatable bonds is 5. The van der Waals surface area contributed by atoms with E-state index >= 15 is 0 Å². The van der Waals surface area contributed by atoms with Crippen LogP contribution in [0.5, 0.6) is 0 Å². The van der Waals surface area contributed by atoms with Gasteiger partial charge in [-0.15, -0.1) is 0 Å². The fraction of sp³-hybridized carbons (Fsp3) is 0.200. The van der Waals surface area contributed by atoms with E-state index in [0.29, 0.717) is 20.0 Å². The van der Waals surface area contributed by atoms with Crippen LogP contribution in [0, 0.1) is 3.57 Å². The smallest absolute Gasteiger partial charge is 0.287 e. The van der Waals surface area contributed by atoms with Gasteiger partial charge in [0.1, 0.15) is 11.6 Å². The second-order valence-electron chi connectivity index (χ2n) is 5.15. The molecule has 2 heterocycles. The van der Waals surface area contributed by atoms with Crippen LogP contribution in [0.2, 0.25) is 10.0 Å². The molecule has 10 heteroatoms. The van der Waals surface area contributed by atoms with Crippen LogP contribution in [0.25, 0.3) is 0 Å². The van der Waals surface area contributed by atoms with Crippen LogP contribution in [0.3, 0.4) is 0 Å². The molecule has 130 valence electrons. The number of aromatic nitrogens is 4. The minimum atomic E-state index is -0.795. The molecule has 1 N–H and O–H groups in total. The molecule has 0 unspecified atom stereocenters. The summed E-state index contributed by atoms with van der Waals surface area (Å²) in [7, 11) is 0. The molecular formula is C15H11Cl2IN4O3. The summed E-state index contributed by atoms with van der Waals surface area (Å²) in [6.45, 7) is -0.000483. The van der Waals surface area contributed by atoms with Crippen molar-refractivity contribution in [3.63, 3.8) is 0 Å². The fourth-order valence-electron chi connectivity index (χ4n) is 2.10. The van der Waals surface area contributed by atoms with E-state index < -0.39 is 11.7 Å². The highest BCUT2D eigenvalue weighted by molar-refractivity contribution is 14.1. The molecule has 0 amide bonds. The molecule has 3 aromatic rings. The van der Waals surface area contributed by atoms with Crippen LogP contribution in [0.1, 0.15) is 23.4 Å². The van der Waals surface area contributed by atoms with E-state index in [2.05, 4.69) is 15.2 Å². The molecule has 0 radical (unpaired) electrons. The van der Waals surface area contributed by atoms with Crippen LogP contribution < -0.4 is 5.56 Å². The number of benzene rings is 1. The van der Waals surface area contributed by atoms with E-state index in [1.807, 2.05) is 22.6 Å². The third-order valence-corrected chi connectivity index (χ3v) is 5.12. The van der Waals surface area contributed by atoms with Crippen LogP contribution in [0.15, 0.2) is 39.8 Å². The molecule has 0 bridgehead atoms. The van der Waals surface area contributed by atoms with E-state index in [0.717, 1.165) is 4.68 Å². The summed E-state index contributed by atoms with van der Waals surface area (Å²) in [6.07, 6.45) is 0.851. The Morgan fingerprint density at radius 3 is 2.72 bits per heavy atom. The molecule has 7 nitrogen and oxygen atoms in total. The van der Waals surface area contributed by atoms with Gasteiger partial charge in [-0.25, -0.2) is 4.68 Å². The summed E-state index contributed by atoms with van der Waals surface area (Å²) >= 11 is 13.7. The van der Waals surface area contributed by atoms with Gasteiger partial charge in [-0.2, -0.15) is 10.1 Å². The Labute approximate surface area is 165 Å². The van der Waals surface area contributed by atoms with E-state index in [1.165, 1.54) is 6.20 Å². The lowest BCUT2D eigenvalue weighted by atomic mass is 10.1. The first-order valence-corrected chi connectivity index (χ1v) is 8.93. The van der Waals surface area contributed by atoms with E-state index in [9.17, 15) is 9.90 Å². The van der Waals surface area contributed by atoms with Crippen LogP contribution in [-0.2, 0) is 13.0 Å². The van der Waals surface area contributed by atoms with E-state index in [1.54, 1.807) is 24.3 Å². The number of hydrogen-bond acceptors (Lipinski definition) is 6. The Morgan fingerprint density at radius 1 is 1.28 bits per heavy atom. The molecular weight excluding hydrogens is 482 g/mol. The highest BCUT2D eigenvalue weighted by atomic mass is 127. The SMILES string of the molecule is O=c1c(Cl)c(I)cnn1Cc1nc(C[C@H](O)c2ccc(Cl)cc2)no1. The average molecular weight is 493 g/mol. The second kappa shape index (κ2) is 7.81. The zero-order chi connectivity index (χ0) is 18.0. The Morgan fingerprint density at radius 2 is 2.00 bits per heavy atom. The third kappa shape index (κ3) is 4.38. The molecule has 0 saturated carbocycles. The van der Waals surface area contributed by atoms with Gasteiger partial charge < -0.3 is 9.63 Å². The summed E-state index contributed by atoms with van der Waals surface area (Å²) in [5, 5.41) is 18.7. The first kappa shape index (κ1) is 18.3. The van der Waals surface area contributed by atoms with Crippen molar-refractivity contribution in [2.24, 2.45) is 0 Å². The van der Waals surface area contributed by atoms with Crippen molar-refractivity contribution in [3.05, 3.63) is 71.7 Å². The summed E-state index contributed by atoms with van der Waals surface area (Å²) < 4.78 is 6.82. The molecule has 3 rings (SSSR count). The molecule has 0 aliphatic heterocycles. The van der Waals surface area contributed by atoms with E-state index in [-0.39, 0.29) is 23.9 Å². The fourth-order valence-corrected chi connectivity index (χ4v) is 2.73. The first-order valence-electron chi connectivity index (χ1n) is 7.10. The zero-order valence-corrected chi connectivity index (χ0v) is 16.2. The lowest BCUT2D eigenvalue weighted by molar-refractivity contribution is 0.174. The highest BCUT2D eigenvalue weighted by Gasteiger charge is 2.15. The monoisotopic (exact) mass is 492 g/mol. The topological polar surface area (TPSA) is 94.0 Å². The molecule has 0 aliphatic carbocycles. The maximum Gasteiger partial charge on any atom is 0.287 e. The molecule has 0 saturated heterocycles. The lowest BCUT2D eigenvalue weighted by Gasteiger charge is -2.08. The quantitative estimate of drug-likeness (QED) is 0.550. The standard InChI is InChI=1S/C15H11Cl2IN4O3/c16-9-3-1-8(2-4-9)11(23)5-12-20-13(25-21-12)7-22-15(24)14(17)10(18)6-19-22/h1-4,6,11,23H,5,7H2/t11-/m0/s1. The van der Waals surface area contributed by atoms with Crippen molar-refractivity contribution in [3.8, 4) is 0 Å². The number of halogens is 3. The zero-order valence-electron chi connectivity index (χ0n) is 12.6. The van der Waals surface area contributed by atoms with Gasteiger partial charge in [0.15, 0.2) is 5.82 Å². The normalized spacial score (nSPS) is 12.3. The van der Waals surface area contributed by atoms with Crippen molar-refractivity contribution in [2.75, 3.05) is 0 Å².